The van der Waals surface area contributed by atoms with Crippen LogP contribution in [0.3, 0.4) is 0 Å². The van der Waals surface area contributed by atoms with Gasteiger partial charge >= 0.3 is 0 Å². The first-order valence-electron chi connectivity index (χ1n) is 5.41. The zero-order valence-electron chi connectivity index (χ0n) is 8.95. The van der Waals surface area contributed by atoms with Crippen LogP contribution < -0.4 is 4.90 Å². The van der Waals surface area contributed by atoms with Crippen molar-refractivity contribution in [3.63, 3.8) is 0 Å². The molecule has 1 aromatic heterocycles. The molecular weight excluding hydrogens is 274 g/mol. The van der Waals surface area contributed by atoms with Gasteiger partial charge in [0.15, 0.2) is 0 Å². The Morgan fingerprint density at radius 1 is 1.60 bits per heavy atom. The Morgan fingerprint density at radius 2 is 2.47 bits per heavy atom. The SMILES string of the molecule is Cc1nsc(N2CCCC(CCBr)C2)n1. The third kappa shape index (κ3) is 2.91. The highest BCUT2D eigenvalue weighted by Crippen LogP contribution is 2.26. The van der Waals surface area contributed by atoms with E-state index in [-0.39, 0.29) is 0 Å². The Balaban J connectivity index is 1.98. The molecule has 5 heteroatoms. The molecule has 0 amide bonds. The monoisotopic (exact) mass is 289 g/mol. The number of anilines is 1. The van der Waals surface area contributed by atoms with Crippen LogP contribution in [0.4, 0.5) is 5.13 Å². The van der Waals surface area contributed by atoms with Crippen molar-refractivity contribution in [1.29, 1.82) is 0 Å². The molecule has 0 bridgehead atoms. The summed E-state index contributed by atoms with van der Waals surface area (Å²) in [6.45, 7) is 4.26. The van der Waals surface area contributed by atoms with Crippen molar-refractivity contribution < 1.29 is 0 Å². The van der Waals surface area contributed by atoms with Crippen molar-refractivity contribution in [2.45, 2.75) is 26.2 Å². The van der Waals surface area contributed by atoms with Crippen molar-refractivity contribution in [1.82, 2.24) is 9.36 Å². The van der Waals surface area contributed by atoms with Crippen LogP contribution in [0, 0.1) is 12.8 Å². The van der Waals surface area contributed by atoms with Gasteiger partial charge in [0.25, 0.3) is 0 Å². The molecule has 0 aromatic carbocycles. The third-order valence-electron chi connectivity index (χ3n) is 2.82. The average molecular weight is 290 g/mol. The summed E-state index contributed by atoms with van der Waals surface area (Å²) in [5.41, 5.74) is 0. The molecule has 2 heterocycles. The number of aryl methyl sites for hydroxylation is 1. The lowest BCUT2D eigenvalue weighted by molar-refractivity contribution is 0.407. The van der Waals surface area contributed by atoms with E-state index in [1.165, 1.54) is 30.8 Å². The quantitative estimate of drug-likeness (QED) is 0.802. The first-order valence-corrected chi connectivity index (χ1v) is 7.30. The van der Waals surface area contributed by atoms with Gasteiger partial charge in [-0.1, -0.05) is 15.9 Å². The van der Waals surface area contributed by atoms with Crippen molar-refractivity contribution >= 4 is 32.6 Å². The highest BCUT2D eigenvalue weighted by Gasteiger charge is 2.21. The predicted molar refractivity (Wildman–Crippen MR) is 68.0 cm³/mol. The summed E-state index contributed by atoms with van der Waals surface area (Å²) in [4.78, 5) is 6.84. The summed E-state index contributed by atoms with van der Waals surface area (Å²) < 4.78 is 4.24. The maximum atomic E-state index is 4.45. The van der Waals surface area contributed by atoms with Gasteiger partial charge in [0.2, 0.25) is 5.13 Å². The van der Waals surface area contributed by atoms with Gasteiger partial charge in [-0.15, -0.1) is 0 Å². The van der Waals surface area contributed by atoms with E-state index >= 15 is 0 Å². The van der Waals surface area contributed by atoms with Gasteiger partial charge in [-0.25, -0.2) is 4.98 Å². The second kappa shape index (κ2) is 5.25. The number of nitrogens with zero attached hydrogens (tertiary/aromatic N) is 3. The molecule has 1 aliphatic rings. The second-order valence-corrected chi connectivity index (χ2v) is 5.58. The molecule has 15 heavy (non-hydrogen) atoms. The highest BCUT2D eigenvalue weighted by atomic mass is 79.9. The molecule has 84 valence electrons. The van der Waals surface area contributed by atoms with Crippen molar-refractivity contribution in [2.75, 3.05) is 23.3 Å². The minimum Gasteiger partial charge on any atom is -0.347 e. The molecule has 1 unspecified atom stereocenters. The summed E-state index contributed by atoms with van der Waals surface area (Å²) in [7, 11) is 0. The fourth-order valence-corrected chi connectivity index (χ4v) is 3.40. The molecular formula is C10H16BrN3S. The summed E-state index contributed by atoms with van der Waals surface area (Å²) in [5.74, 6) is 1.72. The minimum atomic E-state index is 0.822. The Labute approximate surface area is 103 Å². The molecule has 1 aromatic rings. The Morgan fingerprint density at radius 3 is 3.13 bits per heavy atom. The van der Waals surface area contributed by atoms with E-state index in [0.717, 1.165) is 35.3 Å². The first kappa shape index (κ1) is 11.3. The molecule has 1 atom stereocenters. The van der Waals surface area contributed by atoms with Gasteiger partial charge in [-0.3, -0.25) is 0 Å². The standard InChI is InChI=1S/C10H16BrN3S/c1-8-12-10(15-13-8)14-6-2-3-9(7-14)4-5-11/h9H,2-7H2,1H3. The van der Waals surface area contributed by atoms with E-state index in [2.05, 4.69) is 30.2 Å². The van der Waals surface area contributed by atoms with Crippen LogP contribution in [0.25, 0.3) is 0 Å². The lowest BCUT2D eigenvalue weighted by Gasteiger charge is -2.31. The molecule has 1 fully saturated rings. The van der Waals surface area contributed by atoms with Gasteiger partial charge in [0, 0.05) is 30.0 Å². The number of alkyl halides is 1. The topological polar surface area (TPSA) is 29.0 Å². The van der Waals surface area contributed by atoms with Crippen LogP contribution in [-0.4, -0.2) is 27.8 Å². The fourth-order valence-electron chi connectivity index (χ4n) is 2.04. The maximum Gasteiger partial charge on any atom is 0.205 e. The summed E-state index contributed by atoms with van der Waals surface area (Å²) in [6, 6.07) is 0. The van der Waals surface area contributed by atoms with E-state index < -0.39 is 0 Å². The molecule has 0 saturated carbocycles. The summed E-state index contributed by atoms with van der Waals surface area (Å²) >= 11 is 5.05. The van der Waals surface area contributed by atoms with Gasteiger partial charge in [0.05, 0.1) is 0 Å². The van der Waals surface area contributed by atoms with E-state index in [1.807, 2.05) is 6.92 Å². The van der Waals surface area contributed by atoms with Gasteiger partial charge in [0.1, 0.15) is 5.82 Å². The lowest BCUT2D eigenvalue weighted by Crippen LogP contribution is -2.35. The first-order chi connectivity index (χ1) is 7.29. The van der Waals surface area contributed by atoms with E-state index in [4.69, 9.17) is 0 Å². The second-order valence-electron chi connectivity index (χ2n) is 4.06. The van der Waals surface area contributed by atoms with Crippen LogP contribution in [-0.2, 0) is 0 Å². The summed E-state index contributed by atoms with van der Waals surface area (Å²) in [5, 5.41) is 2.22. The van der Waals surface area contributed by atoms with Crippen LogP contribution in [0.5, 0.6) is 0 Å². The molecule has 0 spiro atoms. The Bertz CT molecular complexity index is 313. The Hall–Kier alpha value is -0.160. The number of halogens is 1. The molecule has 0 aliphatic carbocycles. The highest BCUT2D eigenvalue weighted by molar-refractivity contribution is 9.09. The number of rotatable bonds is 3. The molecule has 0 radical (unpaired) electrons. The third-order valence-corrected chi connectivity index (χ3v) is 4.15. The van der Waals surface area contributed by atoms with Crippen LogP contribution in [0.15, 0.2) is 0 Å². The van der Waals surface area contributed by atoms with Crippen LogP contribution in [0.1, 0.15) is 25.1 Å². The zero-order chi connectivity index (χ0) is 10.7. The number of piperidine rings is 1. The molecule has 1 aliphatic heterocycles. The van der Waals surface area contributed by atoms with Gasteiger partial charge in [-0.2, -0.15) is 4.37 Å². The Kier molecular flexibility index (Phi) is 3.97. The maximum absolute atomic E-state index is 4.45. The van der Waals surface area contributed by atoms with Crippen molar-refractivity contribution in [3.05, 3.63) is 5.82 Å². The number of hydrogen-bond acceptors (Lipinski definition) is 4. The smallest absolute Gasteiger partial charge is 0.205 e. The lowest BCUT2D eigenvalue weighted by atomic mass is 9.96. The van der Waals surface area contributed by atoms with Gasteiger partial charge in [-0.05, 0) is 32.1 Å². The van der Waals surface area contributed by atoms with Crippen LogP contribution in [0.2, 0.25) is 0 Å². The zero-order valence-corrected chi connectivity index (χ0v) is 11.4. The largest absolute Gasteiger partial charge is 0.347 e. The van der Waals surface area contributed by atoms with Crippen LogP contribution >= 0.6 is 27.5 Å². The van der Waals surface area contributed by atoms with Crippen molar-refractivity contribution in [3.8, 4) is 0 Å². The van der Waals surface area contributed by atoms with Crippen molar-refractivity contribution in [2.24, 2.45) is 5.92 Å². The normalized spacial score (nSPS) is 22.0. The number of aromatic nitrogens is 2. The molecule has 1 saturated heterocycles. The predicted octanol–water partition coefficient (Wildman–Crippen LogP) is 2.85. The molecule has 3 nitrogen and oxygen atoms in total. The average Bonchev–Trinajstić information content (AvgIpc) is 2.66. The molecule has 0 N–H and O–H groups in total. The van der Waals surface area contributed by atoms with E-state index in [1.54, 1.807) is 0 Å². The van der Waals surface area contributed by atoms with Gasteiger partial charge < -0.3 is 4.90 Å². The minimum absolute atomic E-state index is 0.822. The number of hydrogen-bond donors (Lipinski definition) is 0. The molecule has 2 rings (SSSR count). The van der Waals surface area contributed by atoms with E-state index in [0.29, 0.717) is 0 Å². The fraction of sp³-hybridized carbons (Fsp3) is 0.800. The summed E-state index contributed by atoms with van der Waals surface area (Å²) in [6.07, 6.45) is 3.92. The van der Waals surface area contributed by atoms with E-state index in [9.17, 15) is 0 Å².